The molecule has 116 valence electrons. The minimum atomic E-state index is -0.988. The molecule has 0 bridgehead atoms. The van der Waals surface area contributed by atoms with Crippen LogP contribution in [0.15, 0.2) is 24.3 Å². The minimum Gasteiger partial charge on any atom is -0.497 e. The molecule has 1 aliphatic rings. The van der Waals surface area contributed by atoms with Gasteiger partial charge in [0.25, 0.3) is 0 Å². The molecule has 0 radical (unpaired) electrons. The normalized spacial score (nSPS) is 28.4. The van der Waals surface area contributed by atoms with E-state index >= 15 is 0 Å². The average molecular weight is 295 g/mol. The minimum absolute atomic E-state index is 0.0748. The number of rotatable bonds is 5. The first-order valence-electron chi connectivity index (χ1n) is 6.85. The maximum atomic E-state index is 11.7. The molecule has 0 aromatic heterocycles. The summed E-state index contributed by atoms with van der Waals surface area (Å²) in [6.45, 7) is -0.0748. The maximum absolute atomic E-state index is 11.7. The maximum Gasteiger partial charge on any atom is 0.246 e. The highest BCUT2D eigenvalue weighted by Crippen LogP contribution is 2.35. The van der Waals surface area contributed by atoms with Crippen molar-refractivity contribution >= 4 is 5.91 Å². The number of benzene rings is 1. The number of carbonyl (C=O) groups is 1. The van der Waals surface area contributed by atoms with E-state index in [-0.39, 0.29) is 18.4 Å². The molecule has 0 heterocycles. The van der Waals surface area contributed by atoms with Crippen LogP contribution in [0.3, 0.4) is 0 Å². The quantitative estimate of drug-likeness (QED) is 0.713. The summed E-state index contributed by atoms with van der Waals surface area (Å²) in [5.41, 5.74) is 0.939. The zero-order valence-electron chi connectivity index (χ0n) is 12.2. The molecule has 1 aliphatic carbocycles. The van der Waals surface area contributed by atoms with Gasteiger partial charge in [-0.05, 0) is 24.1 Å². The van der Waals surface area contributed by atoms with Gasteiger partial charge in [0, 0.05) is 13.0 Å². The Bertz CT molecular complexity index is 475. The van der Waals surface area contributed by atoms with Crippen molar-refractivity contribution in [2.24, 2.45) is 0 Å². The molecule has 1 amide bonds. The third-order valence-corrected chi connectivity index (χ3v) is 3.84. The number of hydrogen-bond acceptors (Lipinski definition) is 5. The standard InChI is InChI=1S/C15H21NO5/c1-20-8-13(18)16-14-11(7-12(17)15(14)19)9-3-5-10(21-2)6-4-9/h3-6,11-12,14-15,17,19H,7-8H2,1-2H3,(H,16,18). The van der Waals surface area contributed by atoms with Crippen molar-refractivity contribution in [1.82, 2.24) is 5.32 Å². The zero-order chi connectivity index (χ0) is 15.4. The lowest BCUT2D eigenvalue weighted by Crippen LogP contribution is -2.46. The predicted octanol–water partition coefficient (Wildman–Crippen LogP) is 0.0355. The summed E-state index contributed by atoms with van der Waals surface area (Å²) >= 11 is 0. The van der Waals surface area contributed by atoms with Crippen LogP contribution in [0.5, 0.6) is 5.75 Å². The number of ether oxygens (including phenoxy) is 2. The molecule has 0 aliphatic heterocycles. The van der Waals surface area contributed by atoms with Crippen molar-refractivity contribution in [3.63, 3.8) is 0 Å². The van der Waals surface area contributed by atoms with Crippen molar-refractivity contribution in [3.05, 3.63) is 29.8 Å². The van der Waals surface area contributed by atoms with Crippen LogP contribution >= 0.6 is 0 Å². The van der Waals surface area contributed by atoms with E-state index < -0.39 is 18.2 Å². The Morgan fingerprint density at radius 1 is 1.29 bits per heavy atom. The van der Waals surface area contributed by atoms with Crippen LogP contribution in [-0.2, 0) is 9.53 Å². The van der Waals surface area contributed by atoms with Gasteiger partial charge in [-0.25, -0.2) is 0 Å². The molecule has 1 aromatic carbocycles. The van der Waals surface area contributed by atoms with E-state index in [0.29, 0.717) is 6.42 Å². The van der Waals surface area contributed by atoms with Crippen LogP contribution in [0.1, 0.15) is 17.9 Å². The third kappa shape index (κ3) is 3.53. The van der Waals surface area contributed by atoms with Gasteiger partial charge in [-0.3, -0.25) is 4.79 Å². The molecule has 1 aromatic rings. The molecule has 6 nitrogen and oxygen atoms in total. The topological polar surface area (TPSA) is 88.0 Å². The van der Waals surface area contributed by atoms with E-state index in [1.807, 2.05) is 24.3 Å². The lowest BCUT2D eigenvalue weighted by molar-refractivity contribution is -0.126. The van der Waals surface area contributed by atoms with Crippen LogP contribution in [0.25, 0.3) is 0 Å². The average Bonchev–Trinajstić information content (AvgIpc) is 2.76. The number of aliphatic hydroxyl groups is 2. The first-order chi connectivity index (χ1) is 10.1. The van der Waals surface area contributed by atoms with E-state index in [1.54, 1.807) is 7.11 Å². The van der Waals surface area contributed by atoms with Gasteiger partial charge in [-0.1, -0.05) is 12.1 Å². The molecule has 4 atom stereocenters. The Morgan fingerprint density at radius 3 is 2.52 bits per heavy atom. The lowest BCUT2D eigenvalue weighted by atomic mass is 9.93. The number of amides is 1. The van der Waals surface area contributed by atoms with Crippen molar-refractivity contribution < 1.29 is 24.5 Å². The molecule has 6 heteroatoms. The number of methoxy groups -OCH3 is 2. The Kier molecular flexibility index (Phi) is 5.17. The molecule has 0 spiro atoms. The Labute approximate surface area is 123 Å². The van der Waals surface area contributed by atoms with Crippen molar-refractivity contribution in [2.45, 2.75) is 30.6 Å². The second kappa shape index (κ2) is 6.89. The summed E-state index contributed by atoms with van der Waals surface area (Å²) < 4.78 is 9.89. The number of carbonyl (C=O) groups excluding carboxylic acids is 1. The summed E-state index contributed by atoms with van der Waals surface area (Å²) in [5, 5.41) is 22.7. The second-order valence-electron chi connectivity index (χ2n) is 5.20. The van der Waals surface area contributed by atoms with Gasteiger partial charge in [0.05, 0.1) is 19.3 Å². The Balaban J connectivity index is 2.16. The first-order valence-corrected chi connectivity index (χ1v) is 6.85. The van der Waals surface area contributed by atoms with Crippen LogP contribution < -0.4 is 10.1 Å². The van der Waals surface area contributed by atoms with Gasteiger partial charge < -0.3 is 25.0 Å². The molecule has 2 rings (SSSR count). The van der Waals surface area contributed by atoms with Gasteiger partial charge in [-0.2, -0.15) is 0 Å². The number of hydrogen-bond donors (Lipinski definition) is 3. The third-order valence-electron chi connectivity index (χ3n) is 3.84. The highest BCUT2D eigenvalue weighted by molar-refractivity contribution is 5.77. The van der Waals surface area contributed by atoms with Gasteiger partial charge in [0.1, 0.15) is 18.5 Å². The molecule has 1 fully saturated rings. The van der Waals surface area contributed by atoms with E-state index in [1.165, 1.54) is 7.11 Å². The first kappa shape index (κ1) is 15.8. The highest BCUT2D eigenvalue weighted by atomic mass is 16.5. The summed E-state index contributed by atoms with van der Waals surface area (Å²) in [6.07, 6.45) is -1.45. The predicted molar refractivity (Wildman–Crippen MR) is 76.2 cm³/mol. The van der Waals surface area contributed by atoms with Gasteiger partial charge >= 0.3 is 0 Å². The fourth-order valence-electron chi connectivity index (χ4n) is 2.76. The van der Waals surface area contributed by atoms with Crippen molar-refractivity contribution in [2.75, 3.05) is 20.8 Å². The molecule has 3 N–H and O–H groups in total. The van der Waals surface area contributed by atoms with Crippen molar-refractivity contribution in [1.29, 1.82) is 0 Å². The molecule has 0 saturated heterocycles. The van der Waals surface area contributed by atoms with E-state index in [9.17, 15) is 15.0 Å². The summed E-state index contributed by atoms with van der Waals surface area (Å²) in [4.78, 5) is 11.7. The number of nitrogens with one attached hydrogen (secondary N) is 1. The second-order valence-corrected chi connectivity index (χ2v) is 5.20. The summed E-state index contributed by atoms with van der Waals surface area (Å²) in [7, 11) is 3.02. The Hall–Kier alpha value is -1.63. The smallest absolute Gasteiger partial charge is 0.246 e. The fraction of sp³-hybridized carbons (Fsp3) is 0.533. The van der Waals surface area contributed by atoms with Crippen LogP contribution in [0.2, 0.25) is 0 Å². The van der Waals surface area contributed by atoms with Crippen LogP contribution in [-0.4, -0.2) is 55.2 Å². The monoisotopic (exact) mass is 295 g/mol. The van der Waals surface area contributed by atoms with Crippen LogP contribution in [0.4, 0.5) is 0 Å². The largest absolute Gasteiger partial charge is 0.497 e. The van der Waals surface area contributed by atoms with Gasteiger partial charge in [0.15, 0.2) is 0 Å². The van der Waals surface area contributed by atoms with E-state index in [2.05, 4.69) is 5.32 Å². The van der Waals surface area contributed by atoms with E-state index in [0.717, 1.165) is 11.3 Å². The molecular formula is C15H21NO5. The molecule has 1 saturated carbocycles. The highest BCUT2D eigenvalue weighted by Gasteiger charge is 2.43. The summed E-state index contributed by atoms with van der Waals surface area (Å²) in [6, 6.07) is 6.87. The summed E-state index contributed by atoms with van der Waals surface area (Å²) in [5.74, 6) is 0.272. The zero-order valence-corrected chi connectivity index (χ0v) is 12.2. The molecule has 21 heavy (non-hydrogen) atoms. The fourth-order valence-corrected chi connectivity index (χ4v) is 2.76. The molecular weight excluding hydrogens is 274 g/mol. The lowest BCUT2D eigenvalue weighted by Gasteiger charge is -2.23. The SMILES string of the molecule is COCC(=O)NC1C(c2ccc(OC)cc2)CC(O)C1O. The number of aliphatic hydroxyl groups excluding tert-OH is 2. The van der Waals surface area contributed by atoms with Gasteiger partial charge in [0.2, 0.25) is 5.91 Å². The van der Waals surface area contributed by atoms with E-state index in [4.69, 9.17) is 9.47 Å². The molecule has 4 unspecified atom stereocenters. The van der Waals surface area contributed by atoms with Crippen molar-refractivity contribution in [3.8, 4) is 5.75 Å². The Morgan fingerprint density at radius 2 is 1.95 bits per heavy atom. The van der Waals surface area contributed by atoms with Gasteiger partial charge in [-0.15, -0.1) is 0 Å². The van der Waals surface area contributed by atoms with Crippen LogP contribution in [0, 0.1) is 0 Å².